The Kier molecular flexibility index (Phi) is 3.31. The lowest BCUT2D eigenvalue weighted by Gasteiger charge is -2.23. The maximum Gasteiger partial charge on any atom is 0.311 e. The number of anilines is 1. The van der Waals surface area contributed by atoms with Crippen LogP contribution in [-0.2, 0) is 0 Å². The molecule has 6 heteroatoms. The van der Waals surface area contributed by atoms with Crippen LogP contribution in [0.25, 0.3) is 0 Å². The first kappa shape index (κ1) is 10.8. The van der Waals surface area contributed by atoms with Gasteiger partial charge < -0.3 is 10.6 Å². The molecular formula is C10H14N4O2. The van der Waals surface area contributed by atoms with Gasteiger partial charge in [0.15, 0.2) is 0 Å². The highest BCUT2D eigenvalue weighted by Gasteiger charge is 2.19. The predicted molar refractivity (Wildman–Crippen MR) is 60.4 cm³/mol. The zero-order chi connectivity index (χ0) is 11.4. The van der Waals surface area contributed by atoms with E-state index in [1.54, 1.807) is 12.3 Å². The number of hydrogen-bond acceptors (Lipinski definition) is 5. The minimum absolute atomic E-state index is 0.0353. The summed E-state index contributed by atoms with van der Waals surface area (Å²) < 4.78 is 0. The van der Waals surface area contributed by atoms with Crippen molar-refractivity contribution >= 4 is 11.5 Å². The number of hydrogen-bond donors (Lipinski definition) is 2. The van der Waals surface area contributed by atoms with Crippen LogP contribution < -0.4 is 10.6 Å². The van der Waals surface area contributed by atoms with Crippen LogP contribution in [0, 0.1) is 10.1 Å². The molecule has 1 saturated heterocycles. The molecule has 86 valence electrons. The summed E-state index contributed by atoms with van der Waals surface area (Å²) in [6.45, 7) is 1.84. The van der Waals surface area contributed by atoms with Gasteiger partial charge in [0.25, 0.3) is 0 Å². The molecule has 1 aliphatic rings. The zero-order valence-corrected chi connectivity index (χ0v) is 8.85. The topological polar surface area (TPSA) is 80.1 Å². The maximum absolute atomic E-state index is 10.8. The van der Waals surface area contributed by atoms with Crippen molar-refractivity contribution in [2.75, 3.05) is 18.4 Å². The Bertz CT molecular complexity index is 377. The van der Waals surface area contributed by atoms with Crippen molar-refractivity contribution in [1.82, 2.24) is 10.3 Å². The van der Waals surface area contributed by atoms with Crippen LogP contribution in [-0.4, -0.2) is 29.0 Å². The van der Waals surface area contributed by atoms with E-state index in [1.165, 1.54) is 6.07 Å². The second-order valence-electron chi connectivity index (χ2n) is 3.82. The summed E-state index contributed by atoms with van der Waals surface area (Å²) in [5.41, 5.74) is 0.0353. The van der Waals surface area contributed by atoms with E-state index in [0.29, 0.717) is 5.82 Å². The van der Waals surface area contributed by atoms with Crippen molar-refractivity contribution in [3.63, 3.8) is 0 Å². The molecule has 16 heavy (non-hydrogen) atoms. The third kappa shape index (κ3) is 2.46. The van der Waals surface area contributed by atoms with Gasteiger partial charge in [-0.1, -0.05) is 0 Å². The quantitative estimate of drug-likeness (QED) is 0.592. The standard InChI is InChI=1S/C10H14N4O2/c15-14(16)9-4-2-6-12-10(9)13-8-3-1-5-11-7-8/h2,4,6,8,11H,1,3,5,7H2,(H,12,13). The van der Waals surface area contributed by atoms with Gasteiger partial charge in [-0.15, -0.1) is 0 Å². The van der Waals surface area contributed by atoms with Gasteiger partial charge >= 0.3 is 5.69 Å². The lowest BCUT2D eigenvalue weighted by atomic mass is 10.1. The monoisotopic (exact) mass is 222 g/mol. The molecule has 1 aliphatic heterocycles. The van der Waals surface area contributed by atoms with E-state index in [9.17, 15) is 10.1 Å². The fraction of sp³-hybridized carbons (Fsp3) is 0.500. The predicted octanol–water partition coefficient (Wildman–Crippen LogP) is 1.15. The average molecular weight is 222 g/mol. The van der Waals surface area contributed by atoms with Crippen LogP contribution in [0.15, 0.2) is 18.3 Å². The van der Waals surface area contributed by atoms with Crippen LogP contribution in [0.1, 0.15) is 12.8 Å². The number of piperidine rings is 1. The van der Waals surface area contributed by atoms with Crippen molar-refractivity contribution in [3.05, 3.63) is 28.4 Å². The Morgan fingerprint density at radius 1 is 1.62 bits per heavy atom. The van der Waals surface area contributed by atoms with Gasteiger partial charge in [-0.2, -0.15) is 0 Å². The number of pyridine rings is 1. The normalized spacial score (nSPS) is 20.4. The SMILES string of the molecule is O=[N+]([O-])c1cccnc1NC1CCCNC1. The molecule has 6 nitrogen and oxygen atoms in total. The Balaban J connectivity index is 2.10. The smallest absolute Gasteiger partial charge is 0.311 e. The van der Waals surface area contributed by atoms with Crippen molar-refractivity contribution in [2.45, 2.75) is 18.9 Å². The minimum Gasteiger partial charge on any atom is -0.360 e. The van der Waals surface area contributed by atoms with E-state index in [-0.39, 0.29) is 11.7 Å². The summed E-state index contributed by atoms with van der Waals surface area (Å²) in [5, 5.41) is 17.1. The number of aromatic nitrogens is 1. The van der Waals surface area contributed by atoms with Gasteiger partial charge in [0.1, 0.15) is 0 Å². The van der Waals surface area contributed by atoms with Crippen LogP contribution in [0.2, 0.25) is 0 Å². The molecule has 0 saturated carbocycles. The van der Waals surface area contributed by atoms with Gasteiger partial charge in [0, 0.05) is 24.8 Å². The van der Waals surface area contributed by atoms with E-state index in [1.807, 2.05) is 0 Å². The van der Waals surface area contributed by atoms with E-state index in [0.717, 1.165) is 25.9 Å². The number of rotatable bonds is 3. The molecule has 1 aromatic heterocycles. The highest BCUT2D eigenvalue weighted by atomic mass is 16.6. The van der Waals surface area contributed by atoms with Gasteiger partial charge in [-0.3, -0.25) is 10.1 Å². The fourth-order valence-electron chi connectivity index (χ4n) is 1.82. The van der Waals surface area contributed by atoms with Crippen molar-refractivity contribution < 1.29 is 4.92 Å². The Morgan fingerprint density at radius 3 is 3.19 bits per heavy atom. The van der Waals surface area contributed by atoms with Crippen molar-refractivity contribution in [2.24, 2.45) is 0 Å². The van der Waals surface area contributed by atoms with Gasteiger partial charge in [-0.25, -0.2) is 4.98 Å². The molecule has 1 atom stereocenters. The Labute approximate surface area is 93.2 Å². The molecule has 0 aromatic carbocycles. The first-order valence-electron chi connectivity index (χ1n) is 5.34. The highest BCUT2D eigenvalue weighted by molar-refractivity contribution is 5.55. The molecule has 2 rings (SSSR count). The van der Waals surface area contributed by atoms with Crippen LogP contribution >= 0.6 is 0 Å². The molecule has 0 spiro atoms. The molecule has 1 unspecified atom stereocenters. The summed E-state index contributed by atoms with van der Waals surface area (Å²) in [4.78, 5) is 14.4. The number of nitro groups is 1. The first-order valence-corrected chi connectivity index (χ1v) is 5.34. The van der Waals surface area contributed by atoms with Crippen LogP contribution in [0.5, 0.6) is 0 Å². The Morgan fingerprint density at radius 2 is 2.50 bits per heavy atom. The second kappa shape index (κ2) is 4.89. The number of nitrogens with one attached hydrogen (secondary N) is 2. The summed E-state index contributed by atoms with van der Waals surface area (Å²) in [5.74, 6) is 0.362. The molecule has 2 N–H and O–H groups in total. The first-order chi connectivity index (χ1) is 7.77. The third-order valence-electron chi connectivity index (χ3n) is 2.62. The van der Waals surface area contributed by atoms with Crippen LogP contribution in [0.3, 0.4) is 0 Å². The highest BCUT2D eigenvalue weighted by Crippen LogP contribution is 2.22. The molecule has 0 amide bonds. The average Bonchev–Trinajstić information content (AvgIpc) is 2.31. The zero-order valence-electron chi connectivity index (χ0n) is 8.85. The lowest BCUT2D eigenvalue weighted by Crippen LogP contribution is -2.38. The largest absolute Gasteiger partial charge is 0.360 e. The van der Waals surface area contributed by atoms with Gasteiger partial charge in [0.2, 0.25) is 5.82 Å². The molecule has 1 fully saturated rings. The Hall–Kier alpha value is -1.69. The molecular weight excluding hydrogens is 208 g/mol. The van der Waals surface area contributed by atoms with E-state index < -0.39 is 4.92 Å². The van der Waals surface area contributed by atoms with Crippen molar-refractivity contribution in [3.8, 4) is 0 Å². The summed E-state index contributed by atoms with van der Waals surface area (Å²) in [6.07, 6.45) is 3.66. The molecule has 2 heterocycles. The molecule has 0 bridgehead atoms. The van der Waals surface area contributed by atoms with Crippen LogP contribution in [0.4, 0.5) is 11.5 Å². The van der Waals surface area contributed by atoms with Gasteiger partial charge in [-0.05, 0) is 25.5 Å². The third-order valence-corrected chi connectivity index (χ3v) is 2.62. The van der Waals surface area contributed by atoms with E-state index >= 15 is 0 Å². The van der Waals surface area contributed by atoms with Crippen molar-refractivity contribution in [1.29, 1.82) is 0 Å². The summed E-state index contributed by atoms with van der Waals surface area (Å²) >= 11 is 0. The second-order valence-corrected chi connectivity index (χ2v) is 3.82. The summed E-state index contributed by atoms with van der Waals surface area (Å²) in [7, 11) is 0. The maximum atomic E-state index is 10.8. The van der Waals surface area contributed by atoms with E-state index in [4.69, 9.17) is 0 Å². The molecule has 1 aromatic rings. The molecule has 0 radical (unpaired) electrons. The van der Waals surface area contributed by atoms with E-state index in [2.05, 4.69) is 15.6 Å². The fourth-order valence-corrected chi connectivity index (χ4v) is 1.82. The van der Waals surface area contributed by atoms with Gasteiger partial charge in [0.05, 0.1) is 4.92 Å². The minimum atomic E-state index is -0.411. The number of nitrogens with zero attached hydrogens (tertiary/aromatic N) is 2. The summed E-state index contributed by atoms with van der Waals surface area (Å²) in [6, 6.07) is 3.26. The lowest BCUT2D eigenvalue weighted by molar-refractivity contribution is -0.384. The molecule has 0 aliphatic carbocycles.